The van der Waals surface area contributed by atoms with Crippen molar-refractivity contribution in [2.45, 2.75) is 59.3 Å². The summed E-state index contributed by atoms with van der Waals surface area (Å²) in [6, 6.07) is 35.6. The van der Waals surface area contributed by atoms with Crippen LogP contribution in [0.25, 0.3) is 33.2 Å². The number of hydrogen-bond acceptors (Lipinski definition) is 2. The van der Waals surface area contributed by atoms with Crippen LogP contribution in [-0.2, 0) is 17.9 Å². The van der Waals surface area contributed by atoms with E-state index in [2.05, 4.69) is 163 Å². The zero-order chi connectivity index (χ0) is 32.8. The number of nitrogens with zero attached hydrogens (tertiary/aromatic N) is 1. The Balaban J connectivity index is 1.29. The first-order valence-corrected chi connectivity index (χ1v) is 16.7. The molecule has 0 aliphatic carbocycles. The maximum Gasteiger partial charge on any atom is 0.260 e. The summed E-state index contributed by atoms with van der Waals surface area (Å²) in [4.78, 5) is 0. The van der Waals surface area contributed by atoms with Crippen molar-refractivity contribution in [1.29, 1.82) is 0 Å². The van der Waals surface area contributed by atoms with Crippen molar-refractivity contribution in [3.8, 4) is 45.4 Å². The highest BCUT2D eigenvalue weighted by Crippen LogP contribution is 2.42. The van der Waals surface area contributed by atoms with E-state index in [0.29, 0.717) is 0 Å². The highest BCUT2D eigenvalue weighted by atomic mass is 16.5. The average Bonchev–Trinajstić information content (AvgIpc) is 3.03. The van der Waals surface area contributed by atoms with Crippen LogP contribution in [0.1, 0.15) is 58.2 Å². The van der Waals surface area contributed by atoms with E-state index in [1.165, 1.54) is 50.0 Å². The van der Waals surface area contributed by atoms with Gasteiger partial charge in [-0.2, -0.15) is 0 Å². The summed E-state index contributed by atoms with van der Waals surface area (Å²) in [7, 11) is 2.09. The van der Waals surface area contributed by atoms with Crippen molar-refractivity contribution in [2.75, 3.05) is 0 Å². The molecule has 6 aromatic rings. The molecule has 0 atom stereocenters. The van der Waals surface area contributed by atoms with E-state index in [1.807, 2.05) is 0 Å². The molecule has 4 heteroatoms. The first kappa shape index (κ1) is 29.6. The Kier molecular flexibility index (Phi) is 6.50. The second kappa shape index (κ2) is 10.3. The van der Waals surface area contributed by atoms with Crippen LogP contribution in [-0.4, -0.2) is 6.71 Å². The molecule has 0 bridgehead atoms. The molecule has 47 heavy (non-hydrogen) atoms. The molecular formula is C43H41BNO2+. The third kappa shape index (κ3) is 4.85. The van der Waals surface area contributed by atoms with Crippen LogP contribution in [0.4, 0.5) is 0 Å². The standard InChI is InChI=1S/C43H41BNO2/c1-26-21-27(12-16-32(26)36-11-9-10-20-45(36)8)28-13-17-33-29(22-28)23-39-40-41(33)47-38-19-15-31(43(5,6)7)25-35(38)44(40)34-24-30(42(2,3)4)14-18-37(34)46-39/h9-25H,1-8H3/q+1. The van der Waals surface area contributed by atoms with Crippen molar-refractivity contribution < 1.29 is 14.0 Å². The molecule has 0 amide bonds. The first-order chi connectivity index (χ1) is 22.4. The highest BCUT2D eigenvalue weighted by molar-refractivity contribution is 6.98. The highest BCUT2D eigenvalue weighted by Gasteiger charge is 2.42. The third-order valence-electron chi connectivity index (χ3n) is 10.1. The molecule has 0 saturated heterocycles. The Bertz CT molecular complexity index is 2230. The van der Waals surface area contributed by atoms with E-state index < -0.39 is 0 Å². The van der Waals surface area contributed by atoms with Crippen LogP contribution < -0.4 is 30.4 Å². The number of ether oxygens (including phenoxy) is 2. The molecule has 1 aromatic heterocycles. The van der Waals surface area contributed by atoms with Gasteiger partial charge in [0.15, 0.2) is 6.20 Å². The average molecular weight is 615 g/mol. The fourth-order valence-corrected chi connectivity index (χ4v) is 7.32. The Morgan fingerprint density at radius 1 is 0.617 bits per heavy atom. The van der Waals surface area contributed by atoms with Crippen LogP contribution >= 0.6 is 0 Å². The lowest BCUT2D eigenvalue weighted by Gasteiger charge is -2.35. The van der Waals surface area contributed by atoms with Crippen LogP contribution in [0.5, 0.6) is 23.0 Å². The minimum absolute atomic E-state index is 0.0223. The molecule has 2 aliphatic heterocycles. The van der Waals surface area contributed by atoms with E-state index in [4.69, 9.17) is 9.47 Å². The Labute approximate surface area is 278 Å². The molecule has 8 rings (SSSR count). The summed E-state index contributed by atoms with van der Waals surface area (Å²) in [6.45, 7) is 15.9. The van der Waals surface area contributed by atoms with Gasteiger partial charge in [-0.05, 0) is 98.3 Å². The second-order valence-corrected chi connectivity index (χ2v) is 15.4. The predicted molar refractivity (Wildman–Crippen MR) is 196 cm³/mol. The number of hydrogen-bond donors (Lipinski definition) is 0. The number of pyridine rings is 1. The third-order valence-corrected chi connectivity index (χ3v) is 10.1. The topological polar surface area (TPSA) is 22.3 Å². The van der Waals surface area contributed by atoms with Gasteiger partial charge in [0.2, 0.25) is 5.69 Å². The van der Waals surface area contributed by atoms with Crippen LogP contribution in [0.15, 0.2) is 103 Å². The van der Waals surface area contributed by atoms with Gasteiger partial charge in [-0.25, -0.2) is 4.57 Å². The van der Waals surface area contributed by atoms with Crippen LogP contribution in [0, 0.1) is 6.92 Å². The van der Waals surface area contributed by atoms with Gasteiger partial charge in [-0.3, -0.25) is 0 Å². The normalized spacial score (nSPS) is 13.4. The van der Waals surface area contributed by atoms with Gasteiger partial charge in [0, 0.05) is 28.5 Å². The van der Waals surface area contributed by atoms with E-state index in [0.717, 1.165) is 39.2 Å². The van der Waals surface area contributed by atoms with Crippen molar-refractivity contribution >= 4 is 33.9 Å². The number of aryl methyl sites for hydroxylation is 2. The van der Waals surface area contributed by atoms with Crippen molar-refractivity contribution in [3.05, 3.63) is 120 Å². The summed E-state index contributed by atoms with van der Waals surface area (Å²) in [5.41, 5.74) is 12.2. The van der Waals surface area contributed by atoms with Gasteiger partial charge < -0.3 is 9.47 Å². The van der Waals surface area contributed by atoms with Crippen LogP contribution in [0.2, 0.25) is 0 Å². The Hall–Kier alpha value is -4.83. The maximum atomic E-state index is 6.88. The molecule has 3 heterocycles. The first-order valence-electron chi connectivity index (χ1n) is 16.7. The molecule has 5 aromatic carbocycles. The summed E-state index contributed by atoms with van der Waals surface area (Å²) in [5, 5.41) is 2.21. The van der Waals surface area contributed by atoms with Crippen molar-refractivity contribution in [1.82, 2.24) is 0 Å². The minimum Gasteiger partial charge on any atom is -0.458 e. The lowest BCUT2D eigenvalue weighted by Crippen LogP contribution is -2.57. The summed E-state index contributed by atoms with van der Waals surface area (Å²) in [5.74, 6) is 3.62. The van der Waals surface area contributed by atoms with E-state index >= 15 is 0 Å². The molecule has 0 unspecified atom stereocenters. The zero-order valence-corrected chi connectivity index (χ0v) is 28.7. The quantitative estimate of drug-likeness (QED) is 0.144. The molecule has 0 N–H and O–H groups in total. The van der Waals surface area contributed by atoms with Gasteiger partial charge in [-0.15, -0.1) is 0 Å². The second-order valence-electron chi connectivity index (χ2n) is 15.4. The number of rotatable bonds is 2. The summed E-state index contributed by atoms with van der Waals surface area (Å²) >= 11 is 0. The number of fused-ring (bicyclic) bond motifs is 6. The number of aromatic nitrogens is 1. The van der Waals surface area contributed by atoms with Crippen molar-refractivity contribution in [2.24, 2.45) is 7.05 Å². The monoisotopic (exact) mass is 614 g/mol. The molecule has 3 nitrogen and oxygen atoms in total. The molecule has 0 fully saturated rings. The van der Waals surface area contributed by atoms with Gasteiger partial charge in [0.1, 0.15) is 30.0 Å². The molecule has 0 radical (unpaired) electrons. The smallest absolute Gasteiger partial charge is 0.260 e. The fourth-order valence-electron chi connectivity index (χ4n) is 7.32. The number of benzene rings is 5. The SMILES string of the molecule is Cc1cc(-c2ccc3c4c5c(cc3c2)Oc2ccc(C(C)(C)C)cc2B5c2cc(C(C)(C)C)ccc2O4)ccc1-c1cccc[n+]1C. The molecule has 0 saturated carbocycles. The largest absolute Gasteiger partial charge is 0.458 e. The predicted octanol–water partition coefficient (Wildman–Crippen LogP) is 8.63. The van der Waals surface area contributed by atoms with E-state index in [1.54, 1.807) is 0 Å². The molecule has 232 valence electrons. The lowest BCUT2D eigenvalue weighted by atomic mass is 9.34. The molecule has 2 aliphatic rings. The minimum atomic E-state index is 0.0223. The summed E-state index contributed by atoms with van der Waals surface area (Å²) in [6.07, 6.45) is 2.09. The van der Waals surface area contributed by atoms with E-state index in [-0.39, 0.29) is 17.5 Å². The van der Waals surface area contributed by atoms with Crippen molar-refractivity contribution in [3.63, 3.8) is 0 Å². The lowest BCUT2D eigenvalue weighted by molar-refractivity contribution is -0.660. The van der Waals surface area contributed by atoms with E-state index in [9.17, 15) is 0 Å². The summed E-state index contributed by atoms with van der Waals surface area (Å²) < 4.78 is 15.8. The zero-order valence-electron chi connectivity index (χ0n) is 28.7. The molecule has 0 spiro atoms. The Morgan fingerprint density at radius 3 is 1.89 bits per heavy atom. The van der Waals surface area contributed by atoms with Gasteiger partial charge in [-0.1, -0.05) is 90.1 Å². The van der Waals surface area contributed by atoms with Gasteiger partial charge >= 0.3 is 0 Å². The fraction of sp³-hybridized carbons (Fsp3) is 0.233. The molecular weight excluding hydrogens is 573 g/mol. The van der Waals surface area contributed by atoms with Crippen LogP contribution in [0.3, 0.4) is 0 Å². The Morgan fingerprint density at radius 2 is 1.26 bits per heavy atom. The maximum absolute atomic E-state index is 6.88. The van der Waals surface area contributed by atoms with Gasteiger partial charge in [0.25, 0.3) is 6.71 Å². The van der Waals surface area contributed by atoms with Gasteiger partial charge in [0.05, 0.1) is 0 Å².